The summed E-state index contributed by atoms with van der Waals surface area (Å²) >= 11 is 0. The van der Waals surface area contributed by atoms with Crippen molar-refractivity contribution >= 4 is 15.8 Å². The molecule has 2 N–H and O–H groups in total. The third kappa shape index (κ3) is 3.05. The van der Waals surface area contributed by atoms with Crippen molar-refractivity contribution in [2.45, 2.75) is 18.2 Å². The van der Waals surface area contributed by atoms with Gasteiger partial charge in [-0.1, -0.05) is 0 Å². The zero-order valence-corrected chi connectivity index (χ0v) is 11.7. The topological polar surface area (TPSA) is 82.5 Å². The number of aromatic nitrogens is 1. The standard InChI is InChI=1S/C12H19N3O3S/c1-2-13-12-4-3-11(7-14-12)19(17,18)15-6-5-10(8-15)9-16/h3-4,7,10,16H,2,5-6,8-9H2,1H3,(H,13,14). The third-order valence-electron chi connectivity index (χ3n) is 3.24. The van der Waals surface area contributed by atoms with Crippen LogP contribution in [0.3, 0.4) is 0 Å². The number of aliphatic hydroxyl groups excluding tert-OH is 1. The second-order valence-electron chi connectivity index (χ2n) is 4.61. The van der Waals surface area contributed by atoms with E-state index in [1.165, 1.54) is 10.5 Å². The highest BCUT2D eigenvalue weighted by Gasteiger charge is 2.32. The summed E-state index contributed by atoms with van der Waals surface area (Å²) in [5, 5.41) is 12.1. The summed E-state index contributed by atoms with van der Waals surface area (Å²) in [5.74, 6) is 0.708. The van der Waals surface area contributed by atoms with E-state index in [-0.39, 0.29) is 17.4 Å². The fourth-order valence-electron chi connectivity index (χ4n) is 2.13. The average molecular weight is 285 g/mol. The fraction of sp³-hybridized carbons (Fsp3) is 0.583. The van der Waals surface area contributed by atoms with Crippen LogP contribution in [0.15, 0.2) is 23.2 Å². The van der Waals surface area contributed by atoms with Crippen LogP contribution < -0.4 is 5.32 Å². The molecule has 1 aromatic rings. The lowest BCUT2D eigenvalue weighted by molar-refractivity contribution is 0.233. The van der Waals surface area contributed by atoms with E-state index < -0.39 is 10.0 Å². The van der Waals surface area contributed by atoms with Crippen molar-refractivity contribution in [1.29, 1.82) is 0 Å². The largest absolute Gasteiger partial charge is 0.396 e. The Kier molecular flexibility index (Phi) is 4.38. The van der Waals surface area contributed by atoms with E-state index in [0.717, 1.165) is 6.54 Å². The molecule has 0 saturated carbocycles. The van der Waals surface area contributed by atoms with Gasteiger partial charge in [-0.2, -0.15) is 4.31 Å². The molecule has 1 saturated heterocycles. The Labute approximate surface area is 113 Å². The Bertz CT molecular complexity index is 516. The van der Waals surface area contributed by atoms with Crippen molar-refractivity contribution in [3.05, 3.63) is 18.3 Å². The van der Waals surface area contributed by atoms with Crippen LogP contribution in [0.4, 0.5) is 5.82 Å². The van der Waals surface area contributed by atoms with Gasteiger partial charge in [0.05, 0.1) is 0 Å². The summed E-state index contributed by atoms with van der Waals surface area (Å²) in [7, 11) is -3.48. The monoisotopic (exact) mass is 285 g/mol. The molecule has 1 aliphatic rings. The van der Waals surface area contributed by atoms with E-state index >= 15 is 0 Å². The predicted octanol–water partition coefficient (Wildman–Crippen LogP) is 0.516. The molecule has 19 heavy (non-hydrogen) atoms. The van der Waals surface area contributed by atoms with Crippen molar-refractivity contribution < 1.29 is 13.5 Å². The SMILES string of the molecule is CCNc1ccc(S(=O)(=O)N2CCC(CO)C2)cn1. The van der Waals surface area contributed by atoms with Crippen LogP contribution in [0, 0.1) is 5.92 Å². The normalized spacial score (nSPS) is 20.6. The van der Waals surface area contributed by atoms with Gasteiger partial charge in [-0.25, -0.2) is 13.4 Å². The van der Waals surface area contributed by atoms with Gasteiger partial charge in [0.1, 0.15) is 10.7 Å². The summed E-state index contributed by atoms with van der Waals surface area (Å²) in [5.41, 5.74) is 0. The van der Waals surface area contributed by atoms with Gasteiger partial charge in [-0.15, -0.1) is 0 Å². The lowest BCUT2D eigenvalue weighted by Crippen LogP contribution is -2.29. The Morgan fingerprint density at radius 3 is 2.84 bits per heavy atom. The minimum atomic E-state index is -3.48. The molecule has 0 aliphatic carbocycles. The van der Waals surface area contributed by atoms with Gasteiger partial charge in [-0.3, -0.25) is 0 Å². The lowest BCUT2D eigenvalue weighted by atomic mass is 10.1. The molecule has 0 amide bonds. The van der Waals surface area contributed by atoms with Crippen LogP contribution in [0.1, 0.15) is 13.3 Å². The molecule has 0 radical (unpaired) electrons. The van der Waals surface area contributed by atoms with Crippen LogP contribution >= 0.6 is 0 Å². The highest BCUT2D eigenvalue weighted by molar-refractivity contribution is 7.89. The highest BCUT2D eigenvalue weighted by atomic mass is 32.2. The molecule has 6 nitrogen and oxygen atoms in total. The number of nitrogens with zero attached hydrogens (tertiary/aromatic N) is 2. The summed E-state index contributed by atoms with van der Waals surface area (Å²) < 4.78 is 26.1. The van der Waals surface area contributed by atoms with Crippen LogP contribution in [0.5, 0.6) is 0 Å². The summed E-state index contributed by atoms with van der Waals surface area (Å²) in [6.45, 7) is 3.56. The van der Waals surface area contributed by atoms with Crippen LogP contribution in [-0.2, 0) is 10.0 Å². The van der Waals surface area contributed by atoms with Crippen molar-refractivity contribution in [1.82, 2.24) is 9.29 Å². The second-order valence-corrected chi connectivity index (χ2v) is 6.55. The Hall–Kier alpha value is -1.18. The number of hydrogen-bond acceptors (Lipinski definition) is 5. The first-order valence-corrected chi connectivity index (χ1v) is 7.83. The van der Waals surface area contributed by atoms with Gasteiger partial charge in [0, 0.05) is 32.4 Å². The molecule has 0 spiro atoms. The molecule has 1 aromatic heterocycles. The number of rotatable bonds is 5. The lowest BCUT2D eigenvalue weighted by Gasteiger charge is -2.16. The van der Waals surface area contributed by atoms with E-state index in [0.29, 0.717) is 25.3 Å². The third-order valence-corrected chi connectivity index (χ3v) is 5.09. The molecule has 0 aromatic carbocycles. The Morgan fingerprint density at radius 2 is 2.32 bits per heavy atom. The van der Waals surface area contributed by atoms with Crippen LogP contribution in [0.2, 0.25) is 0 Å². The maximum Gasteiger partial charge on any atom is 0.244 e. The first-order valence-electron chi connectivity index (χ1n) is 6.39. The van der Waals surface area contributed by atoms with Gasteiger partial charge in [-0.05, 0) is 31.4 Å². The smallest absolute Gasteiger partial charge is 0.244 e. The molecule has 7 heteroatoms. The fourth-order valence-corrected chi connectivity index (χ4v) is 3.61. The van der Waals surface area contributed by atoms with E-state index in [4.69, 9.17) is 5.11 Å². The zero-order valence-electron chi connectivity index (χ0n) is 10.9. The number of pyridine rings is 1. The van der Waals surface area contributed by atoms with Crippen molar-refractivity contribution in [2.24, 2.45) is 5.92 Å². The van der Waals surface area contributed by atoms with E-state index in [9.17, 15) is 8.42 Å². The van der Waals surface area contributed by atoms with E-state index in [2.05, 4.69) is 10.3 Å². The van der Waals surface area contributed by atoms with Gasteiger partial charge in [0.25, 0.3) is 0 Å². The Balaban J connectivity index is 2.15. The van der Waals surface area contributed by atoms with Gasteiger partial charge in [0.15, 0.2) is 0 Å². The zero-order chi connectivity index (χ0) is 13.9. The number of anilines is 1. The van der Waals surface area contributed by atoms with E-state index in [1.807, 2.05) is 6.92 Å². The molecule has 0 bridgehead atoms. The maximum absolute atomic E-state index is 12.3. The van der Waals surface area contributed by atoms with Gasteiger partial charge < -0.3 is 10.4 Å². The van der Waals surface area contributed by atoms with Crippen molar-refractivity contribution in [2.75, 3.05) is 31.6 Å². The highest BCUT2D eigenvalue weighted by Crippen LogP contribution is 2.24. The molecule has 1 atom stereocenters. The number of hydrogen-bond donors (Lipinski definition) is 2. The first-order chi connectivity index (χ1) is 9.07. The van der Waals surface area contributed by atoms with Crippen LogP contribution in [-0.4, -0.2) is 49.1 Å². The van der Waals surface area contributed by atoms with E-state index in [1.54, 1.807) is 12.1 Å². The number of nitrogens with one attached hydrogen (secondary N) is 1. The maximum atomic E-state index is 12.3. The molecular weight excluding hydrogens is 266 g/mol. The summed E-state index contributed by atoms with van der Waals surface area (Å²) in [6, 6.07) is 3.22. The van der Waals surface area contributed by atoms with Crippen molar-refractivity contribution in [3.63, 3.8) is 0 Å². The first kappa shape index (κ1) is 14.2. The quantitative estimate of drug-likeness (QED) is 0.824. The molecule has 106 valence electrons. The summed E-state index contributed by atoms with van der Waals surface area (Å²) in [4.78, 5) is 4.28. The molecule has 2 rings (SSSR count). The minimum Gasteiger partial charge on any atom is -0.396 e. The molecule has 1 aliphatic heterocycles. The molecule has 2 heterocycles. The number of sulfonamides is 1. The van der Waals surface area contributed by atoms with Crippen molar-refractivity contribution in [3.8, 4) is 0 Å². The molecular formula is C12H19N3O3S. The number of aliphatic hydroxyl groups is 1. The minimum absolute atomic E-state index is 0.0314. The van der Waals surface area contributed by atoms with Gasteiger partial charge in [0.2, 0.25) is 10.0 Å². The Morgan fingerprint density at radius 1 is 1.53 bits per heavy atom. The molecule has 1 unspecified atom stereocenters. The second kappa shape index (κ2) is 5.85. The summed E-state index contributed by atoms with van der Waals surface area (Å²) in [6.07, 6.45) is 2.08. The predicted molar refractivity (Wildman–Crippen MR) is 72.4 cm³/mol. The van der Waals surface area contributed by atoms with Gasteiger partial charge >= 0.3 is 0 Å². The van der Waals surface area contributed by atoms with Crippen LogP contribution in [0.25, 0.3) is 0 Å². The molecule has 1 fully saturated rings. The average Bonchev–Trinajstić information content (AvgIpc) is 2.89.